The van der Waals surface area contributed by atoms with E-state index in [1.54, 1.807) is 11.0 Å². The predicted octanol–water partition coefficient (Wildman–Crippen LogP) is 3.15. The quantitative estimate of drug-likeness (QED) is 0.617. The van der Waals surface area contributed by atoms with E-state index in [4.69, 9.17) is 4.74 Å². The van der Waals surface area contributed by atoms with Crippen LogP contribution in [0.4, 0.5) is 10.5 Å². The molecule has 6 nitrogen and oxygen atoms in total. The molecule has 3 heterocycles. The first kappa shape index (κ1) is 18.1. The lowest BCUT2D eigenvalue weighted by atomic mass is 9.89. The Balaban J connectivity index is 1.70. The van der Waals surface area contributed by atoms with Crippen LogP contribution in [0.25, 0.3) is 0 Å². The zero-order valence-electron chi connectivity index (χ0n) is 15.2. The van der Waals surface area contributed by atoms with Crippen LogP contribution in [-0.4, -0.2) is 56.4 Å². The molecule has 142 valence electrons. The van der Waals surface area contributed by atoms with Crippen LogP contribution in [0.5, 0.6) is 0 Å². The third-order valence-electron chi connectivity index (χ3n) is 5.32. The smallest absolute Gasteiger partial charge is 0.410 e. The number of halogens is 1. The molecule has 0 saturated carbocycles. The van der Waals surface area contributed by atoms with Crippen molar-refractivity contribution in [2.24, 2.45) is 0 Å². The van der Waals surface area contributed by atoms with E-state index in [1.807, 2.05) is 26.8 Å². The third kappa shape index (κ3) is 2.91. The van der Waals surface area contributed by atoms with Crippen molar-refractivity contribution in [2.75, 3.05) is 30.3 Å². The van der Waals surface area contributed by atoms with Gasteiger partial charge in [-0.1, -0.05) is 15.9 Å². The summed E-state index contributed by atoms with van der Waals surface area (Å²) in [6, 6.07) is 3.96. The van der Waals surface area contributed by atoms with E-state index >= 15 is 0 Å². The lowest BCUT2D eigenvalue weighted by molar-refractivity contribution is 0.0189. The molecule has 1 aromatic rings. The molecule has 4 rings (SSSR count). The fourth-order valence-electron chi connectivity index (χ4n) is 4.30. The van der Waals surface area contributed by atoms with Gasteiger partial charge in [-0.05, 0) is 44.9 Å². The van der Waals surface area contributed by atoms with Gasteiger partial charge < -0.3 is 14.5 Å². The molecule has 8 heteroatoms. The summed E-state index contributed by atoms with van der Waals surface area (Å²) in [5.74, 6) is 0.255. The van der Waals surface area contributed by atoms with Crippen LogP contribution >= 0.6 is 15.9 Å². The molecule has 1 fully saturated rings. The molecule has 0 radical (unpaired) electrons. The largest absolute Gasteiger partial charge is 0.444 e. The van der Waals surface area contributed by atoms with Crippen molar-refractivity contribution in [3.05, 3.63) is 22.2 Å². The van der Waals surface area contributed by atoms with Gasteiger partial charge in [0, 0.05) is 36.1 Å². The van der Waals surface area contributed by atoms with Gasteiger partial charge in [0.2, 0.25) is 0 Å². The number of nitrogens with zero attached hydrogens (tertiary/aromatic N) is 2. The second kappa shape index (κ2) is 5.86. The highest BCUT2D eigenvalue weighted by Crippen LogP contribution is 2.50. The molecule has 3 aliphatic heterocycles. The topological polar surface area (TPSA) is 66.9 Å². The summed E-state index contributed by atoms with van der Waals surface area (Å²) in [6.45, 7) is 7.30. The molecule has 1 amide bonds. The Morgan fingerprint density at radius 2 is 2.00 bits per heavy atom. The molecule has 0 N–H and O–H groups in total. The Hall–Kier alpha value is -1.28. The Kier molecular flexibility index (Phi) is 4.08. The van der Waals surface area contributed by atoms with Gasteiger partial charge in [-0.2, -0.15) is 0 Å². The number of likely N-dealkylation sites (tertiary alicyclic amines) is 1. The highest BCUT2D eigenvalue weighted by molar-refractivity contribution is 9.10. The van der Waals surface area contributed by atoms with E-state index in [1.165, 1.54) is 0 Å². The average Bonchev–Trinajstić information content (AvgIpc) is 2.83. The maximum absolute atomic E-state index is 12.6. The van der Waals surface area contributed by atoms with Gasteiger partial charge >= 0.3 is 6.09 Å². The number of benzene rings is 1. The van der Waals surface area contributed by atoms with Crippen LogP contribution in [0.1, 0.15) is 38.7 Å². The number of sulfone groups is 1. The molecule has 1 saturated heterocycles. The Morgan fingerprint density at radius 3 is 2.69 bits per heavy atom. The number of piperidine rings is 1. The second-order valence-corrected chi connectivity index (χ2v) is 11.2. The summed E-state index contributed by atoms with van der Waals surface area (Å²) >= 11 is 3.46. The van der Waals surface area contributed by atoms with Crippen molar-refractivity contribution >= 4 is 37.5 Å². The number of hydrogen-bond acceptors (Lipinski definition) is 5. The summed E-state index contributed by atoms with van der Waals surface area (Å²) in [7, 11) is -3.25. The molecule has 0 spiro atoms. The van der Waals surface area contributed by atoms with E-state index in [-0.39, 0.29) is 23.8 Å². The summed E-state index contributed by atoms with van der Waals surface area (Å²) < 4.78 is 31.4. The highest BCUT2D eigenvalue weighted by atomic mass is 79.9. The van der Waals surface area contributed by atoms with Crippen molar-refractivity contribution < 1.29 is 17.9 Å². The molecule has 0 unspecified atom stereocenters. The second-order valence-electron chi connectivity index (χ2n) is 8.24. The predicted molar refractivity (Wildman–Crippen MR) is 102 cm³/mol. The standard InChI is InChI=1S/C18H23BrN2O4S/c1-18(2,3)25-17(22)20-5-4-14-13(10-20)12-8-11(19)9-15-16(12)21(14)6-7-26(15,23)24/h8-9,13-14H,4-7,10H2,1-3H3/t13-,14-/m0/s1. The fraction of sp³-hybridized carbons (Fsp3) is 0.611. The van der Waals surface area contributed by atoms with Gasteiger partial charge in [0.15, 0.2) is 9.84 Å². The molecule has 0 aliphatic carbocycles. The highest BCUT2D eigenvalue weighted by Gasteiger charge is 2.47. The molecule has 0 bridgehead atoms. The minimum atomic E-state index is -3.25. The molecular weight excluding hydrogens is 420 g/mol. The maximum atomic E-state index is 12.6. The normalized spacial score (nSPS) is 26.3. The molecule has 3 aliphatic rings. The first-order valence-electron chi connectivity index (χ1n) is 8.87. The van der Waals surface area contributed by atoms with E-state index in [0.717, 1.165) is 22.1 Å². The van der Waals surface area contributed by atoms with Crippen molar-refractivity contribution in [1.29, 1.82) is 0 Å². The first-order valence-corrected chi connectivity index (χ1v) is 11.3. The zero-order valence-corrected chi connectivity index (χ0v) is 17.6. The van der Waals surface area contributed by atoms with Gasteiger partial charge in [0.05, 0.1) is 16.3 Å². The van der Waals surface area contributed by atoms with Gasteiger partial charge in [0.1, 0.15) is 5.60 Å². The van der Waals surface area contributed by atoms with Crippen LogP contribution < -0.4 is 4.90 Å². The Bertz CT molecular complexity index is 878. The summed E-state index contributed by atoms with van der Waals surface area (Å²) in [5, 5.41) is 0. The number of anilines is 1. The van der Waals surface area contributed by atoms with Crippen molar-refractivity contribution in [3.8, 4) is 0 Å². The van der Waals surface area contributed by atoms with Crippen molar-refractivity contribution in [2.45, 2.75) is 49.6 Å². The van der Waals surface area contributed by atoms with Crippen LogP contribution in [0.2, 0.25) is 0 Å². The number of fused-ring (bicyclic) bond motifs is 3. The van der Waals surface area contributed by atoms with Crippen molar-refractivity contribution in [3.63, 3.8) is 0 Å². The van der Waals surface area contributed by atoms with Crippen molar-refractivity contribution in [1.82, 2.24) is 4.90 Å². The van der Waals surface area contributed by atoms with E-state index in [9.17, 15) is 13.2 Å². The molecule has 2 atom stereocenters. The lowest BCUT2D eigenvalue weighted by Gasteiger charge is -2.40. The SMILES string of the molecule is CC(C)(C)OC(=O)N1CC[C@H]2[C@@H](C1)c1cc(Br)cc3c1N2CCS3(=O)=O. The molecule has 1 aromatic carbocycles. The minimum Gasteiger partial charge on any atom is -0.444 e. The minimum absolute atomic E-state index is 0.107. The van der Waals surface area contributed by atoms with E-state index < -0.39 is 15.4 Å². The number of carbonyl (C=O) groups is 1. The van der Waals surface area contributed by atoms with Crippen LogP contribution in [0, 0.1) is 0 Å². The average molecular weight is 443 g/mol. The monoisotopic (exact) mass is 442 g/mol. The number of hydrogen-bond donors (Lipinski definition) is 0. The van der Waals surface area contributed by atoms with E-state index in [0.29, 0.717) is 24.5 Å². The third-order valence-corrected chi connectivity index (χ3v) is 7.48. The fourth-order valence-corrected chi connectivity index (χ4v) is 6.42. The van der Waals surface area contributed by atoms with Crippen LogP contribution in [0.3, 0.4) is 0 Å². The van der Waals surface area contributed by atoms with Gasteiger partial charge in [-0.25, -0.2) is 13.2 Å². The number of ether oxygens (including phenoxy) is 1. The van der Waals surface area contributed by atoms with E-state index in [2.05, 4.69) is 20.8 Å². The van der Waals surface area contributed by atoms with Gasteiger partial charge in [-0.15, -0.1) is 0 Å². The number of rotatable bonds is 0. The van der Waals surface area contributed by atoms with Gasteiger partial charge in [-0.3, -0.25) is 0 Å². The zero-order chi connectivity index (χ0) is 18.9. The van der Waals surface area contributed by atoms with Gasteiger partial charge in [0.25, 0.3) is 0 Å². The van der Waals surface area contributed by atoms with Crippen LogP contribution in [0.15, 0.2) is 21.5 Å². The first-order chi connectivity index (χ1) is 12.1. The van der Waals surface area contributed by atoms with Crippen LogP contribution in [-0.2, 0) is 14.6 Å². The summed E-state index contributed by atoms with van der Waals surface area (Å²) in [5.41, 5.74) is 1.34. The number of amides is 1. The summed E-state index contributed by atoms with van der Waals surface area (Å²) in [4.78, 5) is 16.9. The lowest BCUT2D eigenvalue weighted by Crippen LogP contribution is -2.50. The molecule has 0 aromatic heterocycles. The number of carbonyl (C=O) groups excluding carboxylic acids is 1. The Labute approximate surface area is 162 Å². The Morgan fingerprint density at radius 1 is 1.27 bits per heavy atom. The molecule has 26 heavy (non-hydrogen) atoms. The maximum Gasteiger partial charge on any atom is 0.410 e. The summed E-state index contributed by atoms with van der Waals surface area (Å²) in [6.07, 6.45) is 0.518. The molecular formula is C18H23BrN2O4S.